The number of methoxy groups -OCH3 is 2. The maximum atomic E-state index is 12.3. The van der Waals surface area contributed by atoms with E-state index in [2.05, 4.69) is 18.2 Å². The third-order valence-corrected chi connectivity index (χ3v) is 9.09. The minimum absolute atomic E-state index is 0.153. The highest BCUT2D eigenvalue weighted by atomic mass is 32.2. The molecule has 0 saturated carbocycles. The van der Waals surface area contributed by atoms with Crippen molar-refractivity contribution in [2.24, 2.45) is 0 Å². The van der Waals surface area contributed by atoms with Crippen molar-refractivity contribution in [3.05, 3.63) is 59.2 Å². The Labute approximate surface area is 277 Å². The first-order valence-corrected chi connectivity index (χ1v) is 16.1. The van der Waals surface area contributed by atoms with Crippen LogP contribution in [0.25, 0.3) is 22.4 Å². The number of rotatable bonds is 9. The van der Waals surface area contributed by atoms with E-state index in [0.717, 1.165) is 43.0 Å². The van der Waals surface area contributed by atoms with Gasteiger partial charge in [-0.3, -0.25) is 14.4 Å². The van der Waals surface area contributed by atoms with Crippen LogP contribution in [0.1, 0.15) is 50.3 Å². The molecule has 3 aromatic rings. The molecular weight excluding hydrogens is 624 g/mol. The van der Waals surface area contributed by atoms with Crippen LogP contribution in [0, 0.1) is 11.3 Å². The Kier molecular flexibility index (Phi) is 10.7. The molecule has 1 fully saturated rings. The zero-order valence-electron chi connectivity index (χ0n) is 26.9. The molecule has 0 radical (unpaired) electrons. The summed E-state index contributed by atoms with van der Waals surface area (Å²) in [6, 6.07) is 15.8. The highest BCUT2D eigenvalue weighted by Gasteiger charge is 2.47. The average molecular weight is 661 g/mol. The van der Waals surface area contributed by atoms with Crippen LogP contribution in [0.4, 0.5) is 0 Å². The molecule has 0 N–H and O–H groups in total. The average Bonchev–Trinajstić information content (AvgIpc) is 3.05. The van der Waals surface area contributed by atoms with E-state index in [1.165, 1.54) is 31.9 Å². The van der Waals surface area contributed by atoms with Gasteiger partial charge in [-0.05, 0) is 66.6 Å². The van der Waals surface area contributed by atoms with Crippen molar-refractivity contribution < 1.29 is 42.8 Å². The van der Waals surface area contributed by atoms with Gasteiger partial charge in [-0.25, -0.2) is 4.98 Å². The van der Waals surface area contributed by atoms with Crippen LogP contribution in [-0.2, 0) is 46.2 Å². The first-order valence-electron chi connectivity index (χ1n) is 15.2. The van der Waals surface area contributed by atoms with Gasteiger partial charge in [-0.1, -0.05) is 23.9 Å². The fourth-order valence-electron chi connectivity index (χ4n) is 5.87. The predicted molar refractivity (Wildman–Crippen MR) is 172 cm³/mol. The van der Waals surface area contributed by atoms with Crippen LogP contribution in [0.15, 0.2) is 47.5 Å². The van der Waals surface area contributed by atoms with Gasteiger partial charge in [0.25, 0.3) is 0 Å². The summed E-state index contributed by atoms with van der Waals surface area (Å²) in [7, 11) is 3.10. The molecule has 12 heteroatoms. The molecule has 2 aliphatic rings. The van der Waals surface area contributed by atoms with Gasteiger partial charge in [0.1, 0.15) is 28.0 Å². The Hall–Kier alpha value is -4.60. The maximum Gasteiger partial charge on any atom is 0.303 e. The van der Waals surface area contributed by atoms with Crippen LogP contribution >= 0.6 is 11.8 Å². The van der Waals surface area contributed by atoms with Crippen molar-refractivity contribution in [3.8, 4) is 40.0 Å². The van der Waals surface area contributed by atoms with Crippen LogP contribution < -0.4 is 9.47 Å². The first kappa shape index (κ1) is 33.8. The number of nitriles is 1. The Morgan fingerprint density at radius 2 is 1.47 bits per heavy atom. The van der Waals surface area contributed by atoms with Crippen LogP contribution in [0.3, 0.4) is 0 Å². The van der Waals surface area contributed by atoms with Crippen molar-refractivity contribution in [2.45, 2.75) is 75.2 Å². The molecule has 4 atom stereocenters. The van der Waals surface area contributed by atoms with Crippen LogP contribution in [-0.4, -0.2) is 67.5 Å². The number of hydrogen-bond donors (Lipinski definition) is 0. The van der Waals surface area contributed by atoms with Gasteiger partial charge in [-0.15, -0.1) is 0 Å². The van der Waals surface area contributed by atoms with Gasteiger partial charge in [-0.2, -0.15) is 5.26 Å². The smallest absolute Gasteiger partial charge is 0.303 e. The Balaban J connectivity index is 1.65. The molecule has 47 heavy (non-hydrogen) atoms. The summed E-state index contributed by atoms with van der Waals surface area (Å²) >= 11 is 1.06. The van der Waals surface area contributed by atoms with Crippen molar-refractivity contribution in [2.75, 3.05) is 20.8 Å². The summed E-state index contributed by atoms with van der Waals surface area (Å²) in [5, 5.41) is 10.9. The topological polar surface area (TPSA) is 143 Å². The summed E-state index contributed by atoms with van der Waals surface area (Å²) in [6.07, 6.45) is 0.887. The molecule has 2 aromatic carbocycles. The molecule has 1 aliphatic carbocycles. The summed E-state index contributed by atoms with van der Waals surface area (Å²) in [5.41, 5.74) is 4.57. The lowest BCUT2D eigenvalue weighted by molar-refractivity contribution is -0.213. The number of thioether (sulfide) groups is 1. The molecule has 0 spiro atoms. The number of benzene rings is 2. The van der Waals surface area contributed by atoms with E-state index in [9.17, 15) is 19.6 Å². The summed E-state index contributed by atoms with van der Waals surface area (Å²) in [6.45, 7) is 3.49. The molecule has 11 nitrogen and oxygen atoms in total. The monoisotopic (exact) mass is 660 g/mol. The van der Waals surface area contributed by atoms with E-state index in [1.54, 1.807) is 20.3 Å². The number of carbonyl (C=O) groups is 3. The highest BCUT2D eigenvalue weighted by molar-refractivity contribution is 7.99. The summed E-state index contributed by atoms with van der Waals surface area (Å²) in [4.78, 5) is 41.2. The van der Waals surface area contributed by atoms with Gasteiger partial charge in [0.05, 0.1) is 32.1 Å². The summed E-state index contributed by atoms with van der Waals surface area (Å²) in [5.74, 6) is -0.862. The third kappa shape index (κ3) is 7.86. The zero-order valence-corrected chi connectivity index (χ0v) is 27.7. The maximum absolute atomic E-state index is 12.3. The van der Waals surface area contributed by atoms with E-state index < -0.39 is 41.7 Å². The number of aromatic nitrogens is 1. The van der Waals surface area contributed by atoms with Gasteiger partial charge in [0.15, 0.2) is 18.3 Å². The van der Waals surface area contributed by atoms with E-state index in [0.29, 0.717) is 33.3 Å². The second-order valence-electron chi connectivity index (χ2n) is 11.3. The predicted octanol–water partition coefficient (Wildman–Crippen LogP) is 5.43. The van der Waals surface area contributed by atoms with E-state index >= 15 is 0 Å². The van der Waals surface area contributed by atoms with Gasteiger partial charge in [0.2, 0.25) is 0 Å². The standard InChI is InChI=1S/C35H36N2O9S/c1-19(38)44-31-18-43-35(33(46-21(3)40)32(31)45-20(2)39)47-34-29(17-36)28(25-13-26(41-4)15-27(14-25)42-5)16-30(37-34)24-11-10-22-8-6-7-9-23(22)12-24/h10-16,31-33,35H,6-9,18H2,1-5H3/t31-,32+,33-,35+/m1/s1. The number of nitrogens with zero attached hydrogens (tertiary/aromatic N) is 2. The van der Waals surface area contributed by atoms with Crippen molar-refractivity contribution in [3.63, 3.8) is 0 Å². The van der Waals surface area contributed by atoms with Crippen molar-refractivity contribution in [1.82, 2.24) is 4.98 Å². The van der Waals surface area contributed by atoms with Crippen molar-refractivity contribution >= 4 is 29.7 Å². The number of esters is 3. The van der Waals surface area contributed by atoms with Crippen LogP contribution in [0.2, 0.25) is 0 Å². The molecule has 0 bridgehead atoms. The first-order chi connectivity index (χ1) is 22.6. The second kappa shape index (κ2) is 14.9. The normalized spacial score (nSPS) is 20.3. The number of aryl methyl sites for hydroxylation is 2. The van der Waals surface area contributed by atoms with E-state index in [4.69, 9.17) is 33.4 Å². The minimum atomic E-state index is -1.19. The molecule has 1 aromatic heterocycles. The molecule has 0 unspecified atom stereocenters. The van der Waals surface area contributed by atoms with Gasteiger partial charge >= 0.3 is 17.9 Å². The lowest BCUT2D eigenvalue weighted by Gasteiger charge is -2.40. The Bertz CT molecular complexity index is 1700. The molecule has 1 aliphatic heterocycles. The molecule has 5 rings (SSSR count). The third-order valence-electron chi connectivity index (χ3n) is 7.94. The van der Waals surface area contributed by atoms with Crippen molar-refractivity contribution in [1.29, 1.82) is 5.26 Å². The fraction of sp³-hybridized carbons (Fsp3) is 0.400. The molecule has 2 heterocycles. The van der Waals surface area contributed by atoms with Gasteiger partial charge < -0.3 is 28.4 Å². The van der Waals surface area contributed by atoms with Gasteiger partial charge in [0, 0.05) is 38.0 Å². The lowest BCUT2D eigenvalue weighted by Crippen LogP contribution is -2.56. The molecule has 246 valence electrons. The SMILES string of the molecule is COc1cc(OC)cc(-c2cc(-c3ccc4c(c3)CCCC4)nc(S[C@@H]3OC[C@@H](OC(C)=O)[C@H](OC(C)=O)[C@H]3OC(C)=O)c2C#N)c1. The number of pyridine rings is 1. The number of carbonyl (C=O) groups excluding carboxylic acids is 3. The minimum Gasteiger partial charge on any atom is -0.497 e. The molecule has 1 saturated heterocycles. The quantitative estimate of drug-likeness (QED) is 0.213. The van der Waals surface area contributed by atoms with E-state index in [1.807, 2.05) is 24.3 Å². The Morgan fingerprint density at radius 3 is 2.09 bits per heavy atom. The highest BCUT2D eigenvalue weighted by Crippen LogP contribution is 2.41. The van der Waals surface area contributed by atoms with E-state index in [-0.39, 0.29) is 12.2 Å². The number of hydrogen-bond acceptors (Lipinski definition) is 12. The fourth-order valence-corrected chi connectivity index (χ4v) is 7.00. The number of fused-ring (bicyclic) bond motifs is 1. The summed E-state index contributed by atoms with van der Waals surface area (Å²) < 4.78 is 33.7. The van der Waals surface area contributed by atoms with Crippen LogP contribution in [0.5, 0.6) is 11.5 Å². The number of ether oxygens (including phenoxy) is 6. The molecule has 0 amide bonds. The zero-order chi connectivity index (χ0) is 33.7. The largest absolute Gasteiger partial charge is 0.497 e. The molecular formula is C35H36N2O9S. The second-order valence-corrected chi connectivity index (χ2v) is 12.3. The Morgan fingerprint density at radius 1 is 0.830 bits per heavy atom. The lowest BCUT2D eigenvalue weighted by atomic mass is 9.89.